The molecular weight excluding hydrogens is 358 g/mol. The van der Waals surface area contributed by atoms with Crippen LogP contribution in [0.3, 0.4) is 0 Å². The minimum absolute atomic E-state index is 0.0219. The van der Waals surface area contributed by atoms with Crippen molar-refractivity contribution in [3.8, 4) is 0 Å². The van der Waals surface area contributed by atoms with Crippen molar-refractivity contribution in [2.24, 2.45) is 0 Å². The molecule has 0 aliphatic rings. The number of rotatable bonds is 8. The van der Waals surface area contributed by atoms with E-state index in [1.54, 1.807) is 0 Å². The molecule has 2 aromatic rings. The van der Waals surface area contributed by atoms with Gasteiger partial charge in [0.1, 0.15) is 6.54 Å². The summed E-state index contributed by atoms with van der Waals surface area (Å²) < 4.78 is 2.00. The van der Waals surface area contributed by atoms with E-state index in [1.165, 1.54) is 11.8 Å². The summed E-state index contributed by atoms with van der Waals surface area (Å²) in [5.74, 6) is 0.494. The monoisotopic (exact) mass is 389 g/mol. The Morgan fingerprint density at radius 2 is 1.70 bits per heavy atom. The number of hydrogen-bond donors (Lipinski definition) is 1. The van der Waals surface area contributed by atoms with Gasteiger partial charge in [0.15, 0.2) is 0 Å². The smallest absolute Gasteiger partial charge is 0.242 e. The van der Waals surface area contributed by atoms with Crippen molar-refractivity contribution >= 4 is 34.5 Å². The van der Waals surface area contributed by atoms with Gasteiger partial charge in [-0.25, -0.2) is 0 Å². The van der Waals surface area contributed by atoms with Gasteiger partial charge in [0.25, 0.3) is 0 Å². The van der Waals surface area contributed by atoms with E-state index >= 15 is 0 Å². The molecule has 1 aromatic carbocycles. The van der Waals surface area contributed by atoms with Gasteiger partial charge in [-0.1, -0.05) is 18.2 Å². The lowest BCUT2D eigenvalue weighted by Gasteiger charge is -2.31. The highest BCUT2D eigenvalue weighted by Crippen LogP contribution is 2.30. The lowest BCUT2D eigenvalue weighted by atomic mass is 10.2. The highest BCUT2D eigenvalue weighted by Gasteiger charge is 2.21. The molecule has 0 spiro atoms. The minimum Gasteiger partial charge on any atom is -0.353 e. The number of nitrogens with one attached hydrogen (secondary N) is 1. The van der Waals surface area contributed by atoms with Gasteiger partial charge in [-0.15, -0.1) is 11.8 Å². The molecule has 0 unspecified atom stereocenters. The Kier molecular flexibility index (Phi) is 7.36. The third-order valence-corrected chi connectivity index (χ3v) is 5.31. The molecule has 0 bridgehead atoms. The lowest BCUT2D eigenvalue weighted by Crippen LogP contribution is -2.43. The molecule has 0 radical (unpaired) electrons. The molecule has 5 nitrogen and oxygen atoms in total. The maximum absolute atomic E-state index is 12.9. The summed E-state index contributed by atoms with van der Waals surface area (Å²) in [6, 6.07) is 8.49. The van der Waals surface area contributed by atoms with Crippen LogP contribution in [0.25, 0.3) is 10.9 Å². The Hall–Kier alpha value is -1.95. The van der Waals surface area contributed by atoms with Crippen LogP contribution < -0.4 is 5.32 Å². The maximum atomic E-state index is 12.9. The standard InChI is InChI=1S/C21H31N3O2S/c1-14(2)22-20(25)13-27-19-11-23(18-10-8-7-9-17(18)19)12-21(26)24(15(3)4)16(5)6/h7-11,14-16H,12-13H2,1-6H3,(H,22,25). The largest absolute Gasteiger partial charge is 0.353 e. The summed E-state index contributed by atoms with van der Waals surface area (Å²) >= 11 is 1.51. The van der Waals surface area contributed by atoms with Gasteiger partial charge in [-0.05, 0) is 47.6 Å². The normalized spacial score (nSPS) is 11.6. The van der Waals surface area contributed by atoms with Crippen LogP contribution in [0.4, 0.5) is 0 Å². The van der Waals surface area contributed by atoms with Crippen molar-refractivity contribution in [3.05, 3.63) is 30.5 Å². The number of aromatic nitrogens is 1. The Morgan fingerprint density at radius 3 is 2.30 bits per heavy atom. The second-order valence-electron chi connectivity index (χ2n) is 7.64. The Balaban J connectivity index is 2.23. The molecule has 0 fully saturated rings. The van der Waals surface area contributed by atoms with Gasteiger partial charge in [0.05, 0.1) is 5.75 Å². The zero-order valence-electron chi connectivity index (χ0n) is 17.2. The second-order valence-corrected chi connectivity index (χ2v) is 8.65. The molecule has 148 valence electrons. The number of fused-ring (bicyclic) bond motifs is 1. The fourth-order valence-electron chi connectivity index (χ4n) is 3.37. The molecule has 0 saturated carbocycles. The van der Waals surface area contributed by atoms with Gasteiger partial charge in [-0.2, -0.15) is 0 Å². The summed E-state index contributed by atoms with van der Waals surface area (Å²) in [7, 11) is 0. The van der Waals surface area contributed by atoms with Crippen molar-refractivity contribution in [3.63, 3.8) is 0 Å². The number of amides is 2. The van der Waals surface area contributed by atoms with Crippen LogP contribution in [0.15, 0.2) is 35.4 Å². The molecule has 1 N–H and O–H groups in total. The van der Waals surface area contributed by atoms with E-state index in [1.807, 2.05) is 81.5 Å². The van der Waals surface area contributed by atoms with Crippen molar-refractivity contribution in [1.82, 2.24) is 14.8 Å². The van der Waals surface area contributed by atoms with E-state index in [0.717, 1.165) is 15.8 Å². The molecule has 1 heterocycles. The molecular formula is C21H31N3O2S. The number of nitrogens with zero attached hydrogens (tertiary/aromatic N) is 2. The van der Waals surface area contributed by atoms with Crippen LogP contribution in [0, 0.1) is 0 Å². The first-order chi connectivity index (χ1) is 12.7. The fraction of sp³-hybridized carbons (Fsp3) is 0.524. The van der Waals surface area contributed by atoms with E-state index in [2.05, 4.69) is 5.32 Å². The van der Waals surface area contributed by atoms with E-state index in [0.29, 0.717) is 12.3 Å². The summed E-state index contributed by atoms with van der Waals surface area (Å²) in [6.45, 7) is 12.4. The highest BCUT2D eigenvalue weighted by molar-refractivity contribution is 8.00. The van der Waals surface area contributed by atoms with Gasteiger partial charge < -0.3 is 14.8 Å². The Labute approximate surface area is 166 Å². The maximum Gasteiger partial charge on any atom is 0.242 e. The van der Waals surface area contributed by atoms with Crippen molar-refractivity contribution in [2.75, 3.05) is 5.75 Å². The topological polar surface area (TPSA) is 54.3 Å². The summed E-state index contributed by atoms with van der Waals surface area (Å²) in [4.78, 5) is 27.8. The molecule has 1 aromatic heterocycles. The van der Waals surface area contributed by atoms with Crippen LogP contribution in [-0.4, -0.2) is 45.2 Å². The van der Waals surface area contributed by atoms with E-state index in [-0.39, 0.29) is 29.9 Å². The van der Waals surface area contributed by atoms with Gasteiger partial charge in [0, 0.05) is 40.1 Å². The van der Waals surface area contributed by atoms with Crippen LogP contribution >= 0.6 is 11.8 Å². The predicted molar refractivity (Wildman–Crippen MR) is 113 cm³/mol. The predicted octanol–water partition coefficient (Wildman–Crippen LogP) is 3.90. The molecule has 0 aliphatic heterocycles. The van der Waals surface area contributed by atoms with Gasteiger partial charge in [-0.3, -0.25) is 9.59 Å². The average Bonchev–Trinajstić information content (AvgIpc) is 2.89. The first-order valence-corrected chi connectivity index (χ1v) is 10.5. The molecule has 6 heteroatoms. The number of hydrogen-bond acceptors (Lipinski definition) is 3. The van der Waals surface area contributed by atoms with E-state index < -0.39 is 0 Å². The fourth-order valence-corrected chi connectivity index (χ4v) is 4.27. The minimum atomic E-state index is 0.0219. The summed E-state index contributed by atoms with van der Waals surface area (Å²) in [5.41, 5.74) is 1.02. The first-order valence-electron chi connectivity index (χ1n) is 9.51. The average molecular weight is 390 g/mol. The van der Waals surface area contributed by atoms with Crippen LogP contribution in [0.5, 0.6) is 0 Å². The van der Waals surface area contributed by atoms with Gasteiger partial charge >= 0.3 is 0 Å². The Bertz CT molecular complexity index is 788. The van der Waals surface area contributed by atoms with Crippen molar-refractivity contribution in [2.45, 2.75) is 71.1 Å². The molecule has 27 heavy (non-hydrogen) atoms. The Morgan fingerprint density at radius 1 is 1.07 bits per heavy atom. The zero-order valence-corrected chi connectivity index (χ0v) is 18.0. The summed E-state index contributed by atoms with van der Waals surface area (Å²) in [5, 5.41) is 3.99. The second kappa shape index (κ2) is 9.31. The third-order valence-electron chi connectivity index (χ3n) is 4.27. The molecule has 0 aliphatic carbocycles. The third kappa shape index (κ3) is 5.51. The molecule has 2 amide bonds. The first kappa shape index (κ1) is 21.4. The highest BCUT2D eigenvalue weighted by atomic mass is 32.2. The number of thioether (sulfide) groups is 1. The van der Waals surface area contributed by atoms with E-state index in [4.69, 9.17) is 0 Å². The van der Waals surface area contributed by atoms with Gasteiger partial charge in [0.2, 0.25) is 11.8 Å². The number of para-hydroxylation sites is 1. The van der Waals surface area contributed by atoms with Crippen LogP contribution in [0.1, 0.15) is 41.5 Å². The van der Waals surface area contributed by atoms with Crippen molar-refractivity contribution in [1.29, 1.82) is 0 Å². The molecule has 0 saturated heterocycles. The molecule has 2 rings (SSSR count). The summed E-state index contributed by atoms with van der Waals surface area (Å²) in [6.07, 6.45) is 1.99. The molecule has 0 atom stereocenters. The van der Waals surface area contributed by atoms with Crippen molar-refractivity contribution < 1.29 is 9.59 Å². The quantitative estimate of drug-likeness (QED) is 0.697. The number of benzene rings is 1. The zero-order chi connectivity index (χ0) is 20.1. The lowest BCUT2D eigenvalue weighted by molar-refractivity contribution is -0.135. The number of carbonyl (C=O) groups excluding carboxylic acids is 2. The van der Waals surface area contributed by atoms with Crippen LogP contribution in [0.2, 0.25) is 0 Å². The van der Waals surface area contributed by atoms with Crippen LogP contribution in [-0.2, 0) is 16.1 Å². The van der Waals surface area contributed by atoms with E-state index in [9.17, 15) is 9.59 Å². The SMILES string of the molecule is CC(C)NC(=O)CSc1cn(CC(=O)N(C(C)C)C(C)C)c2ccccc12. The number of carbonyl (C=O) groups is 2.